The normalized spacial score (nSPS) is 40.7. The summed E-state index contributed by atoms with van der Waals surface area (Å²) in [5, 5.41) is 8.76. The average Bonchev–Trinajstić information content (AvgIpc) is 1.88. The maximum atomic E-state index is 8.76. The van der Waals surface area contributed by atoms with Gasteiger partial charge in [0.1, 0.15) is 0 Å². The monoisotopic (exact) mass is 138 g/mol. The second-order valence-electron chi connectivity index (χ2n) is 3.53. The molecule has 0 bridgehead atoms. The molecule has 1 saturated carbocycles. The summed E-state index contributed by atoms with van der Waals surface area (Å²) < 4.78 is 0. The molecule has 10 heavy (non-hydrogen) atoms. The molecule has 1 aliphatic rings. The highest BCUT2D eigenvalue weighted by atomic mass is 14.6. The largest absolute Gasteiger partial charge is 0.328 e. The SMILES string of the molecule is C[C@]1(C#N)CCC[C@H](N)C1. The summed E-state index contributed by atoms with van der Waals surface area (Å²) in [5.74, 6) is 0. The number of nitrogens with zero attached hydrogens (tertiary/aromatic N) is 1. The van der Waals surface area contributed by atoms with Crippen molar-refractivity contribution in [3.8, 4) is 6.07 Å². The van der Waals surface area contributed by atoms with E-state index in [2.05, 4.69) is 6.07 Å². The molecule has 0 amide bonds. The molecule has 0 saturated heterocycles. The lowest BCUT2D eigenvalue weighted by Crippen LogP contribution is -2.33. The zero-order valence-corrected chi connectivity index (χ0v) is 6.43. The van der Waals surface area contributed by atoms with Crippen LogP contribution < -0.4 is 5.73 Å². The predicted octanol–water partition coefficient (Wildman–Crippen LogP) is 1.42. The molecule has 0 spiro atoms. The standard InChI is InChI=1S/C8H14N2/c1-8(6-9)4-2-3-7(10)5-8/h7H,2-5,10H2,1H3/t7-,8-/m0/s1. The third kappa shape index (κ3) is 1.48. The smallest absolute Gasteiger partial charge is 0.0687 e. The van der Waals surface area contributed by atoms with Crippen LogP contribution in [0.4, 0.5) is 0 Å². The Labute approximate surface area is 62.0 Å². The van der Waals surface area contributed by atoms with Gasteiger partial charge in [-0.2, -0.15) is 5.26 Å². The minimum absolute atomic E-state index is 0.127. The lowest BCUT2D eigenvalue weighted by molar-refractivity contribution is 0.267. The molecule has 0 aromatic rings. The molecule has 1 aliphatic carbocycles. The van der Waals surface area contributed by atoms with Crippen molar-refractivity contribution in [1.82, 2.24) is 0 Å². The minimum atomic E-state index is -0.127. The summed E-state index contributed by atoms with van der Waals surface area (Å²) >= 11 is 0. The maximum Gasteiger partial charge on any atom is 0.0687 e. The summed E-state index contributed by atoms with van der Waals surface area (Å²) in [7, 11) is 0. The van der Waals surface area contributed by atoms with Gasteiger partial charge in [-0.05, 0) is 26.2 Å². The van der Waals surface area contributed by atoms with Crippen LogP contribution in [0.2, 0.25) is 0 Å². The molecule has 2 atom stereocenters. The fourth-order valence-corrected chi connectivity index (χ4v) is 1.64. The molecule has 2 nitrogen and oxygen atoms in total. The first-order valence-electron chi connectivity index (χ1n) is 3.83. The van der Waals surface area contributed by atoms with Gasteiger partial charge in [-0.3, -0.25) is 0 Å². The van der Waals surface area contributed by atoms with Crippen molar-refractivity contribution in [1.29, 1.82) is 5.26 Å². The highest BCUT2D eigenvalue weighted by Gasteiger charge is 2.30. The molecule has 1 rings (SSSR count). The van der Waals surface area contributed by atoms with Crippen molar-refractivity contribution in [2.45, 2.75) is 38.6 Å². The zero-order chi connectivity index (χ0) is 7.61. The van der Waals surface area contributed by atoms with E-state index in [1.54, 1.807) is 0 Å². The van der Waals surface area contributed by atoms with Gasteiger partial charge in [-0.1, -0.05) is 6.42 Å². The number of nitriles is 1. The Morgan fingerprint density at radius 3 is 2.80 bits per heavy atom. The maximum absolute atomic E-state index is 8.76. The summed E-state index contributed by atoms with van der Waals surface area (Å²) in [6.45, 7) is 2.01. The second-order valence-corrected chi connectivity index (χ2v) is 3.53. The van der Waals surface area contributed by atoms with E-state index < -0.39 is 0 Å². The Bertz CT molecular complexity index is 159. The van der Waals surface area contributed by atoms with E-state index in [1.165, 1.54) is 0 Å². The Morgan fingerprint density at radius 2 is 2.40 bits per heavy atom. The van der Waals surface area contributed by atoms with Crippen LogP contribution in [-0.4, -0.2) is 6.04 Å². The van der Waals surface area contributed by atoms with Crippen LogP contribution in [0.25, 0.3) is 0 Å². The van der Waals surface area contributed by atoms with Gasteiger partial charge in [-0.15, -0.1) is 0 Å². The molecule has 2 N–H and O–H groups in total. The van der Waals surface area contributed by atoms with E-state index in [1.807, 2.05) is 6.92 Å². The van der Waals surface area contributed by atoms with Gasteiger partial charge in [0.2, 0.25) is 0 Å². The second kappa shape index (κ2) is 2.59. The van der Waals surface area contributed by atoms with Gasteiger partial charge in [-0.25, -0.2) is 0 Å². The number of hydrogen-bond donors (Lipinski definition) is 1. The fraction of sp³-hybridized carbons (Fsp3) is 0.875. The molecule has 0 aromatic heterocycles. The van der Waals surface area contributed by atoms with Crippen LogP contribution in [0.3, 0.4) is 0 Å². The van der Waals surface area contributed by atoms with Gasteiger partial charge in [0.15, 0.2) is 0 Å². The van der Waals surface area contributed by atoms with Crippen molar-refractivity contribution in [3.05, 3.63) is 0 Å². The minimum Gasteiger partial charge on any atom is -0.328 e. The predicted molar refractivity (Wildman–Crippen MR) is 40.2 cm³/mol. The molecule has 0 radical (unpaired) electrons. The topological polar surface area (TPSA) is 49.8 Å². The van der Waals surface area contributed by atoms with E-state index in [4.69, 9.17) is 11.0 Å². The van der Waals surface area contributed by atoms with Gasteiger partial charge in [0.25, 0.3) is 0 Å². The van der Waals surface area contributed by atoms with Crippen LogP contribution >= 0.6 is 0 Å². The van der Waals surface area contributed by atoms with Crippen LogP contribution in [0.15, 0.2) is 0 Å². The Kier molecular flexibility index (Phi) is 1.96. The average molecular weight is 138 g/mol. The van der Waals surface area contributed by atoms with Gasteiger partial charge >= 0.3 is 0 Å². The highest BCUT2D eigenvalue weighted by molar-refractivity contribution is 4.99. The highest BCUT2D eigenvalue weighted by Crippen LogP contribution is 2.33. The number of nitrogens with two attached hydrogens (primary N) is 1. The Morgan fingerprint density at radius 1 is 1.70 bits per heavy atom. The Balaban J connectivity index is 2.56. The van der Waals surface area contributed by atoms with E-state index in [0.29, 0.717) is 0 Å². The fourth-order valence-electron chi connectivity index (χ4n) is 1.64. The molecular weight excluding hydrogens is 124 g/mol. The van der Waals surface area contributed by atoms with Crippen LogP contribution in [0.1, 0.15) is 32.6 Å². The van der Waals surface area contributed by atoms with E-state index in [0.717, 1.165) is 25.7 Å². The lowest BCUT2D eigenvalue weighted by Gasteiger charge is -2.30. The summed E-state index contributed by atoms with van der Waals surface area (Å²) in [6.07, 6.45) is 4.11. The van der Waals surface area contributed by atoms with Crippen molar-refractivity contribution < 1.29 is 0 Å². The molecule has 0 aliphatic heterocycles. The van der Waals surface area contributed by atoms with Crippen molar-refractivity contribution >= 4 is 0 Å². The van der Waals surface area contributed by atoms with Crippen molar-refractivity contribution in [2.75, 3.05) is 0 Å². The molecule has 0 aromatic carbocycles. The summed E-state index contributed by atoms with van der Waals surface area (Å²) in [4.78, 5) is 0. The zero-order valence-electron chi connectivity index (χ0n) is 6.43. The number of rotatable bonds is 0. The Hall–Kier alpha value is -0.550. The van der Waals surface area contributed by atoms with Gasteiger partial charge in [0, 0.05) is 6.04 Å². The molecular formula is C8H14N2. The first-order valence-corrected chi connectivity index (χ1v) is 3.83. The van der Waals surface area contributed by atoms with Gasteiger partial charge < -0.3 is 5.73 Å². The van der Waals surface area contributed by atoms with Crippen LogP contribution in [0, 0.1) is 16.7 Å². The van der Waals surface area contributed by atoms with Crippen molar-refractivity contribution in [2.24, 2.45) is 11.1 Å². The summed E-state index contributed by atoms with van der Waals surface area (Å²) in [6, 6.07) is 2.59. The first kappa shape index (κ1) is 7.56. The van der Waals surface area contributed by atoms with Crippen LogP contribution in [0.5, 0.6) is 0 Å². The van der Waals surface area contributed by atoms with E-state index in [-0.39, 0.29) is 11.5 Å². The van der Waals surface area contributed by atoms with Crippen LogP contribution in [-0.2, 0) is 0 Å². The van der Waals surface area contributed by atoms with E-state index in [9.17, 15) is 0 Å². The molecule has 1 fully saturated rings. The van der Waals surface area contributed by atoms with Crippen molar-refractivity contribution in [3.63, 3.8) is 0 Å². The van der Waals surface area contributed by atoms with Gasteiger partial charge in [0.05, 0.1) is 11.5 Å². The van der Waals surface area contributed by atoms with E-state index >= 15 is 0 Å². The lowest BCUT2D eigenvalue weighted by atomic mass is 9.75. The first-order chi connectivity index (χ1) is 4.66. The third-order valence-electron chi connectivity index (χ3n) is 2.29. The molecule has 56 valence electrons. The molecule has 0 unspecified atom stereocenters. The third-order valence-corrected chi connectivity index (χ3v) is 2.29. The quantitative estimate of drug-likeness (QED) is 0.550. The molecule has 2 heteroatoms. The molecule has 0 heterocycles. The summed E-state index contributed by atoms with van der Waals surface area (Å²) in [5.41, 5.74) is 5.61. The number of hydrogen-bond acceptors (Lipinski definition) is 2.